The predicted octanol–water partition coefficient (Wildman–Crippen LogP) is 7.21. The molecular weight excluding hydrogens is 569 g/mol. The summed E-state index contributed by atoms with van der Waals surface area (Å²) in [5.74, 6) is -1.97. The topological polar surface area (TPSA) is 54.5 Å². The minimum absolute atomic E-state index is 0.197. The van der Waals surface area contributed by atoms with Crippen molar-refractivity contribution in [2.75, 3.05) is 4.90 Å². The van der Waals surface area contributed by atoms with Gasteiger partial charge in [-0.2, -0.15) is 0 Å². The van der Waals surface area contributed by atoms with Crippen LogP contribution in [-0.2, 0) is 0 Å². The van der Waals surface area contributed by atoms with Gasteiger partial charge in [-0.15, -0.1) is 0 Å². The highest BCUT2D eigenvalue weighted by Gasteiger charge is 2.71. The monoisotopic (exact) mass is 591 g/mol. The molecule has 1 saturated heterocycles. The van der Waals surface area contributed by atoms with Crippen molar-refractivity contribution < 1.29 is 18.8 Å². The second-order valence-corrected chi connectivity index (χ2v) is 11.6. The standard InChI is InChI=1S/C34H23BrFNO3/c1-19-6-8-21(9-7-19)31(38)30-29(20-10-13-23(35)14-11-20)34(32(39)25-4-2-3-5-26(25)33(34)40)28-17-12-22-18-24(36)15-16-27(22)37(28)30/h2-18,28-30H,1H3/t28-,29+,30-/m1/s1. The number of rotatable bonds is 3. The zero-order valence-corrected chi connectivity index (χ0v) is 23.1. The summed E-state index contributed by atoms with van der Waals surface area (Å²) >= 11 is 3.49. The van der Waals surface area contributed by atoms with Gasteiger partial charge < -0.3 is 4.90 Å². The number of ketones is 3. The van der Waals surface area contributed by atoms with Gasteiger partial charge in [-0.25, -0.2) is 4.39 Å². The quantitative estimate of drug-likeness (QED) is 0.186. The van der Waals surface area contributed by atoms with Crippen molar-refractivity contribution in [3.05, 3.63) is 141 Å². The van der Waals surface area contributed by atoms with Crippen LogP contribution in [0.15, 0.2) is 102 Å². The van der Waals surface area contributed by atoms with Crippen LogP contribution in [0.1, 0.15) is 53.7 Å². The van der Waals surface area contributed by atoms with Gasteiger partial charge in [0.25, 0.3) is 0 Å². The highest BCUT2D eigenvalue weighted by molar-refractivity contribution is 9.10. The first kappa shape index (κ1) is 24.9. The number of aryl methyl sites for hydroxylation is 1. The zero-order valence-electron chi connectivity index (χ0n) is 21.5. The summed E-state index contributed by atoms with van der Waals surface area (Å²) in [6.45, 7) is 1.95. The normalized spacial score (nSPS) is 21.9. The molecule has 196 valence electrons. The van der Waals surface area contributed by atoms with Crippen molar-refractivity contribution in [1.29, 1.82) is 0 Å². The summed E-state index contributed by atoms with van der Waals surface area (Å²) in [7, 11) is 0. The van der Waals surface area contributed by atoms with Gasteiger partial charge in [-0.3, -0.25) is 14.4 Å². The number of anilines is 1. The van der Waals surface area contributed by atoms with Crippen LogP contribution in [-0.4, -0.2) is 29.4 Å². The van der Waals surface area contributed by atoms with Gasteiger partial charge in [-0.05, 0) is 42.8 Å². The molecule has 4 aromatic rings. The molecule has 0 N–H and O–H groups in total. The number of halogens is 2. The molecule has 0 aromatic heterocycles. The number of nitrogens with zero attached hydrogens (tertiary/aromatic N) is 1. The van der Waals surface area contributed by atoms with Crippen LogP contribution in [0, 0.1) is 18.2 Å². The molecule has 4 nitrogen and oxygen atoms in total. The first-order valence-electron chi connectivity index (χ1n) is 13.1. The van der Waals surface area contributed by atoms with Gasteiger partial charge in [0, 0.05) is 38.3 Å². The Hall–Kier alpha value is -4.16. The Morgan fingerprint density at radius 3 is 2.17 bits per heavy atom. The lowest BCUT2D eigenvalue weighted by molar-refractivity contribution is 0.0666. The summed E-state index contributed by atoms with van der Waals surface area (Å²) < 4.78 is 15.2. The van der Waals surface area contributed by atoms with E-state index in [0.717, 1.165) is 15.6 Å². The van der Waals surface area contributed by atoms with Crippen LogP contribution in [0.2, 0.25) is 0 Å². The van der Waals surface area contributed by atoms with Crippen molar-refractivity contribution in [1.82, 2.24) is 0 Å². The Morgan fingerprint density at radius 2 is 1.52 bits per heavy atom. The van der Waals surface area contributed by atoms with Crippen molar-refractivity contribution in [3.63, 3.8) is 0 Å². The Labute approximate surface area is 239 Å². The fraction of sp³-hybridized carbons (Fsp3) is 0.147. The molecule has 2 aliphatic heterocycles. The zero-order chi connectivity index (χ0) is 27.8. The highest BCUT2D eigenvalue weighted by atomic mass is 79.9. The maximum absolute atomic E-state index is 14.6. The molecule has 3 aliphatic rings. The summed E-state index contributed by atoms with van der Waals surface area (Å²) in [5, 5.41) is 0. The molecule has 6 heteroatoms. The molecule has 0 unspecified atom stereocenters. The van der Waals surface area contributed by atoms with Crippen molar-refractivity contribution in [3.8, 4) is 0 Å². The molecule has 1 fully saturated rings. The van der Waals surface area contributed by atoms with Crippen LogP contribution >= 0.6 is 15.9 Å². The van der Waals surface area contributed by atoms with Gasteiger partial charge in [-0.1, -0.05) is 94.3 Å². The minimum Gasteiger partial charge on any atom is -0.352 e. The van der Waals surface area contributed by atoms with E-state index < -0.39 is 29.2 Å². The fourth-order valence-corrected chi connectivity index (χ4v) is 7.14. The third kappa shape index (κ3) is 3.32. The second kappa shape index (κ2) is 8.93. The average Bonchev–Trinajstić information content (AvgIpc) is 3.39. The molecule has 4 aromatic carbocycles. The number of fused-ring (bicyclic) bond motifs is 5. The summed E-state index contributed by atoms with van der Waals surface area (Å²) in [5.41, 5.74) is 2.60. The highest BCUT2D eigenvalue weighted by Crippen LogP contribution is 2.61. The number of hydrogen-bond donors (Lipinski definition) is 0. The van der Waals surface area contributed by atoms with Crippen molar-refractivity contribution >= 4 is 45.0 Å². The van der Waals surface area contributed by atoms with Crippen LogP contribution in [0.5, 0.6) is 0 Å². The Morgan fingerprint density at radius 1 is 0.875 bits per heavy atom. The van der Waals surface area contributed by atoms with Crippen molar-refractivity contribution in [2.24, 2.45) is 5.41 Å². The molecule has 40 heavy (non-hydrogen) atoms. The lowest BCUT2D eigenvalue weighted by Gasteiger charge is -2.37. The van der Waals surface area contributed by atoms with E-state index in [1.807, 2.05) is 48.2 Å². The largest absolute Gasteiger partial charge is 0.352 e. The Balaban J connectivity index is 1.54. The van der Waals surface area contributed by atoms with Crippen LogP contribution in [0.3, 0.4) is 0 Å². The lowest BCUT2D eigenvalue weighted by atomic mass is 9.64. The van der Waals surface area contributed by atoms with Crippen LogP contribution in [0.25, 0.3) is 6.08 Å². The first-order chi connectivity index (χ1) is 19.3. The van der Waals surface area contributed by atoms with E-state index in [-0.39, 0.29) is 17.3 Å². The molecule has 1 spiro atoms. The smallest absolute Gasteiger partial charge is 0.185 e. The van der Waals surface area contributed by atoms with Gasteiger partial charge in [0.2, 0.25) is 0 Å². The van der Waals surface area contributed by atoms with Gasteiger partial charge in [0.15, 0.2) is 17.3 Å². The summed E-state index contributed by atoms with van der Waals surface area (Å²) in [6.07, 6.45) is 3.57. The first-order valence-corrected chi connectivity index (χ1v) is 13.9. The van der Waals surface area contributed by atoms with Gasteiger partial charge >= 0.3 is 0 Å². The van der Waals surface area contributed by atoms with E-state index in [1.165, 1.54) is 12.1 Å². The third-order valence-corrected chi connectivity index (χ3v) is 9.13. The number of carbonyl (C=O) groups is 3. The molecule has 2 heterocycles. The minimum atomic E-state index is -1.58. The van der Waals surface area contributed by atoms with E-state index in [2.05, 4.69) is 15.9 Å². The van der Waals surface area contributed by atoms with E-state index >= 15 is 0 Å². The summed E-state index contributed by atoms with van der Waals surface area (Å²) in [6, 6.07) is 24.5. The molecule has 7 rings (SSSR count). The number of carbonyl (C=O) groups excluding carboxylic acids is 3. The SMILES string of the molecule is Cc1ccc(C(=O)[C@H]2[C@H](c3ccc(Br)cc3)C3(C(=O)c4ccccc4C3=O)[C@H]3C=Cc4cc(F)ccc4N23)cc1. The predicted molar refractivity (Wildman–Crippen MR) is 155 cm³/mol. The molecular formula is C34H23BrFNO3. The molecule has 0 bridgehead atoms. The average molecular weight is 592 g/mol. The summed E-state index contributed by atoms with van der Waals surface area (Å²) in [4.78, 5) is 45.7. The lowest BCUT2D eigenvalue weighted by Crippen LogP contribution is -2.48. The third-order valence-electron chi connectivity index (χ3n) is 8.60. The number of benzene rings is 4. The van der Waals surface area contributed by atoms with Gasteiger partial charge in [0.1, 0.15) is 17.3 Å². The fourth-order valence-electron chi connectivity index (χ4n) is 6.88. The molecule has 0 saturated carbocycles. The van der Waals surface area contributed by atoms with E-state index in [0.29, 0.717) is 27.9 Å². The molecule has 0 radical (unpaired) electrons. The maximum atomic E-state index is 14.6. The number of Topliss-reactive ketones (excluding diaryl/α,β-unsaturated/α-hetero) is 3. The Kier molecular flexibility index (Phi) is 5.55. The molecule has 0 amide bonds. The second-order valence-electron chi connectivity index (χ2n) is 10.7. The van der Waals surface area contributed by atoms with Crippen LogP contribution in [0.4, 0.5) is 10.1 Å². The van der Waals surface area contributed by atoms with E-state index in [4.69, 9.17) is 0 Å². The van der Waals surface area contributed by atoms with E-state index in [9.17, 15) is 18.8 Å². The Bertz CT molecular complexity index is 1720. The molecule has 1 aliphatic carbocycles. The van der Waals surface area contributed by atoms with E-state index in [1.54, 1.807) is 54.6 Å². The number of hydrogen-bond acceptors (Lipinski definition) is 4. The molecule has 3 atom stereocenters. The van der Waals surface area contributed by atoms with Gasteiger partial charge in [0.05, 0.1) is 6.04 Å². The van der Waals surface area contributed by atoms with Crippen LogP contribution < -0.4 is 4.90 Å². The maximum Gasteiger partial charge on any atom is 0.185 e. The van der Waals surface area contributed by atoms with Crippen molar-refractivity contribution in [2.45, 2.75) is 24.9 Å².